The van der Waals surface area contributed by atoms with E-state index in [0.717, 1.165) is 45.6 Å². The first-order valence-electron chi connectivity index (χ1n) is 12.2. The number of nitrogen functional groups attached to an aromatic ring is 1. The molecule has 1 aliphatic carbocycles. The van der Waals surface area contributed by atoms with Crippen molar-refractivity contribution in [3.05, 3.63) is 74.6 Å². The zero-order valence-corrected chi connectivity index (χ0v) is 22.2. The second-order valence-corrected chi connectivity index (χ2v) is 11.4. The maximum Gasteiger partial charge on any atom is 0.341 e. The summed E-state index contributed by atoms with van der Waals surface area (Å²) >= 11 is 2.75. The average Bonchev–Trinajstić information content (AvgIpc) is 3.40. The first kappa shape index (κ1) is 24.5. The summed E-state index contributed by atoms with van der Waals surface area (Å²) in [5, 5.41) is 4.31. The molecule has 6 nitrogen and oxygen atoms in total. The molecule has 8 heteroatoms. The van der Waals surface area contributed by atoms with Crippen LogP contribution < -0.4 is 11.1 Å². The number of fused-ring (bicyclic) bond motifs is 2. The molecule has 3 aromatic heterocycles. The predicted molar refractivity (Wildman–Crippen MR) is 148 cm³/mol. The van der Waals surface area contributed by atoms with E-state index in [1.807, 2.05) is 18.2 Å². The van der Waals surface area contributed by atoms with E-state index in [1.165, 1.54) is 28.2 Å². The van der Waals surface area contributed by atoms with Gasteiger partial charge in [0.1, 0.15) is 14.7 Å². The highest BCUT2D eigenvalue weighted by atomic mass is 32.1. The largest absolute Gasteiger partial charge is 0.462 e. The molecule has 4 aromatic rings. The molecule has 0 fully saturated rings. The molecular weight excluding hydrogens is 490 g/mol. The van der Waals surface area contributed by atoms with Gasteiger partial charge in [0.25, 0.3) is 5.91 Å². The molecule has 0 bridgehead atoms. The number of hydrogen-bond donors (Lipinski definition) is 2. The highest BCUT2D eigenvalue weighted by Crippen LogP contribution is 2.43. The SMILES string of the molecule is CCOC(=O)c1c(NC(=O)c2sc3nc(C(C)C)ccc3c2N)sc2c1CCC(c1ccccc1)C2. The van der Waals surface area contributed by atoms with Crippen molar-refractivity contribution in [2.75, 3.05) is 17.7 Å². The highest BCUT2D eigenvalue weighted by molar-refractivity contribution is 7.21. The van der Waals surface area contributed by atoms with Crippen LogP contribution in [0.15, 0.2) is 42.5 Å². The molecule has 1 atom stereocenters. The summed E-state index contributed by atoms with van der Waals surface area (Å²) in [5.74, 6) is -0.0592. The second-order valence-electron chi connectivity index (χ2n) is 9.32. The number of ether oxygens (including phenoxy) is 1. The first-order valence-corrected chi connectivity index (χ1v) is 13.9. The number of rotatable bonds is 6. The lowest BCUT2D eigenvalue weighted by atomic mass is 9.83. The zero-order chi connectivity index (χ0) is 25.4. The Kier molecular flexibility index (Phi) is 6.81. The quantitative estimate of drug-likeness (QED) is 0.274. The Labute approximate surface area is 218 Å². The first-order chi connectivity index (χ1) is 17.4. The van der Waals surface area contributed by atoms with Crippen molar-refractivity contribution in [3.63, 3.8) is 0 Å². The molecule has 5 rings (SSSR count). The molecule has 0 aliphatic heterocycles. The number of anilines is 2. The molecule has 0 saturated heterocycles. The van der Waals surface area contributed by atoms with Gasteiger partial charge in [-0.25, -0.2) is 9.78 Å². The Morgan fingerprint density at radius 3 is 2.67 bits per heavy atom. The molecule has 0 saturated carbocycles. The molecular formula is C28H29N3O3S2. The third-order valence-electron chi connectivity index (χ3n) is 6.66. The van der Waals surface area contributed by atoms with E-state index in [-0.39, 0.29) is 18.4 Å². The minimum Gasteiger partial charge on any atom is -0.462 e. The van der Waals surface area contributed by atoms with Gasteiger partial charge in [0.15, 0.2) is 0 Å². The molecule has 36 heavy (non-hydrogen) atoms. The minimum absolute atomic E-state index is 0.274. The Hall–Kier alpha value is -3.23. The molecule has 1 aliphatic rings. The van der Waals surface area contributed by atoms with Crippen molar-refractivity contribution in [2.45, 2.75) is 51.9 Å². The van der Waals surface area contributed by atoms with Crippen LogP contribution in [0.25, 0.3) is 10.2 Å². The summed E-state index contributed by atoms with van der Waals surface area (Å²) in [6, 6.07) is 14.3. The summed E-state index contributed by atoms with van der Waals surface area (Å²) in [4.78, 5) is 33.3. The van der Waals surface area contributed by atoms with Gasteiger partial charge >= 0.3 is 5.97 Å². The molecule has 0 radical (unpaired) electrons. The second kappa shape index (κ2) is 10.0. The Bertz CT molecular complexity index is 1440. The van der Waals surface area contributed by atoms with Gasteiger partial charge < -0.3 is 15.8 Å². The van der Waals surface area contributed by atoms with Crippen LogP contribution in [-0.2, 0) is 17.6 Å². The minimum atomic E-state index is -0.393. The van der Waals surface area contributed by atoms with Gasteiger partial charge in [-0.05, 0) is 61.3 Å². The molecule has 1 unspecified atom stereocenters. The third kappa shape index (κ3) is 4.51. The van der Waals surface area contributed by atoms with E-state index in [1.54, 1.807) is 6.92 Å². The van der Waals surface area contributed by atoms with E-state index in [0.29, 0.717) is 27.0 Å². The fourth-order valence-electron chi connectivity index (χ4n) is 4.76. The molecule has 3 N–H and O–H groups in total. The molecule has 3 heterocycles. The lowest BCUT2D eigenvalue weighted by Crippen LogP contribution is -2.17. The van der Waals surface area contributed by atoms with Gasteiger partial charge in [-0.3, -0.25) is 4.79 Å². The van der Waals surface area contributed by atoms with Crippen molar-refractivity contribution in [2.24, 2.45) is 0 Å². The van der Waals surface area contributed by atoms with Gasteiger partial charge in [0.05, 0.1) is 17.9 Å². The number of pyridine rings is 1. The standard InChI is InChI=1S/C28H29N3O3S2/c1-4-34-28(33)22-18-11-10-17(16-8-6-5-7-9-16)14-21(18)35-27(22)31-25(32)24-23(29)19-12-13-20(15(2)3)30-26(19)36-24/h5-9,12-13,15,17H,4,10-11,14,29H2,1-3H3,(H,31,32). The molecule has 1 amide bonds. The fraction of sp³-hybridized carbons (Fsp3) is 0.321. The number of thiophene rings is 2. The van der Waals surface area contributed by atoms with Crippen LogP contribution in [0.3, 0.4) is 0 Å². The van der Waals surface area contributed by atoms with Crippen LogP contribution >= 0.6 is 22.7 Å². The molecule has 0 spiro atoms. The molecule has 1 aromatic carbocycles. The van der Waals surface area contributed by atoms with Crippen molar-refractivity contribution in [3.8, 4) is 0 Å². The number of benzene rings is 1. The predicted octanol–water partition coefficient (Wildman–Crippen LogP) is 6.76. The van der Waals surface area contributed by atoms with Crippen LogP contribution in [0, 0.1) is 0 Å². The lowest BCUT2D eigenvalue weighted by Gasteiger charge is -2.23. The summed E-state index contributed by atoms with van der Waals surface area (Å²) in [5.41, 5.74) is 10.5. The number of hydrogen-bond acceptors (Lipinski definition) is 7. The number of amides is 1. The number of carbonyl (C=O) groups is 2. The number of aromatic nitrogens is 1. The number of esters is 1. The van der Waals surface area contributed by atoms with Gasteiger partial charge in [-0.15, -0.1) is 22.7 Å². The zero-order valence-electron chi connectivity index (χ0n) is 20.6. The van der Waals surface area contributed by atoms with Crippen molar-refractivity contribution < 1.29 is 14.3 Å². The van der Waals surface area contributed by atoms with Crippen molar-refractivity contribution >= 4 is 55.5 Å². The average molecular weight is 520 g/mol. The summed E-state index contributed by atoms with van der Waals surface area (Å²) < 4.78 is 5.38. The maximum atomic E-state index is 13.4. The number of nitrogens with zero attached hydrogens (tertiary/aromatic N) is 1. The van der Waals surface area contributed by atoms with Crippen LogP contribution in [0.2, 0.25) is 0 Å². The molecule has 186 valence electrons. The van der Waals surface area contributed by atoms with Crippen LogP contribution in [0.4, 0.5) is 10.7 Å². The van der Waals surface area contributed by atoms with E-state index in [4.69, 9.17) is 15.5 Å². The maximum absolute atomic E-state index is 13.4. The highest BCUT2D eigenvalue weighted by Gasteiger charge is 2.31. The third-order valence-corrected chi connectivity index (χ3v) is 8.94. The number of carbonyl (C=O) groups excluding carboxylic acids is 2. The summed E-state index contributed by atoms with van der Waals surface area (Å²) in [7, 11) is 0. The van der Waals surface area contributed by atoms with E-state index < -0.39 is 5.97 Å². The monoisotopic (exact) mass is 519 g/mol. The van der Waals surface area contributed by atoms with Gasteiger partial charge in [-0.1, -0.05) is 44.2 Å². The summed E-state index contributed by atoms with van der Waals surface area (Å²) in [6.07, 6.45) is 2.54. The van der Waals surface area contributed by atoms with Crippen molar-refractivity contribution in [1.29, 1.82) is 0 Å². The Balaban J connectivity index is 1.48. The van der Waals surface area contributed by atoms with Crippen LogP contribution in [-0.4, -0.2) is 23.5 Å². The Morgan fingerprint density at radius 1 is 1.17 bits per heavy atom. The normalized spacial score (nSPS) is 15.2. The smallest absolute Gasteiger partial charge is 0.341 e. The van der Waals surface area contributed by atoms with E-state index in [9.17, 15) is 9.59 Å². The van der Waals surface area contributed by atoms with Gasteiger partial charge in [0, 0.05) is 16.0 Å². The van der Waals surface area contributed by atoms with Crippen LogP contribution in [0.5, 0.6) is 0 Å². The number of nitrogens with one attached hydrogen (secondary N) is 1. The lowest BCUT2D eigenvalue weighted by molar-refractivity contribution is 0.0526. The van der Waals surface area contributed by atoms with Gasteiger partial charge in [-0.2, -0.15) is 0 Å². The van der Waals surface area contributed by atoms with Crippen molar-refractivity contribution in [1.82, 2.24) is 4.98 Å². The Morgan fingerprint density at radius 2 is 1.94 bits per heavy atom. The van der Waals surface area contributed by atoms with E-state index in [2.05, 4.69) is 43.4 Å². The topological polar surface area (TPSA) is 94.3 Å². The fourth-order valence-corrected chi connectivity index (χ4v) is 7.07. The van der Waals surface area contributed by atoms with Crippen LogP contribution in [0.1, 0.15) is 80.8 Å². The summed E-state index contributed by atoms with van der Waals surface area (Å²) in [6.45, 7) is 6.22. The van der Waals surface area contributed by atoms with Gasteiger partial charge in [0.2, 0.25) is 0 Å². The number of nitrogens with two attached hydrogens (primary N) is 1. The van der Waals surface area contributed by atoms with E-state index >= 15 is 0 Å².